The molecule has 4 heteroatoms. The van der Waals surface area contributed by atoms with Gasteiger partial charge in [0.15, 0.2) is 0 Å². The zero-order valence-electron chi connectivity index (χ0n) is 8.83. The van der Waals surface area contributed by atoms with E-state index in [1.807, 2.05) is 6.07 Å². The summed E-state index contributed by atoms with van der Waals surface area (Å²) in [6.07, 6.45) is 2.85. The average Bonchev–Trinajstić information content (AvgIpc) is 2.18. The van der Waals surface area contributed by atoms with Gasteiger partial charge in [-0.3, -0.25) is 0 Å². The lowest BCUT2D eigenvalue weighted by molar-refractivity contribution is 0.605. The van der Waals surface area contributed by atoms with Crippen LogP contribution in [0.4, 0.5) is 5.95 Å². The highest BCUT2D eigenvalue weighted by Gasteiger charge is 1.98. The van der Waals surface area contributed by atoms with Crippen LogP contribution < -0.4 is 11.1 Å². The number of hydrogen-bond acceptors (Lipinski definition) is 4. The molecular formula is C10H18N4. The fraction of sp³-hybridized carbons (Fsp3) is 0.600. The van der Waals surface area contributed by atoms with Gasteiger partial charge in [0.05, 0.1) is 5.69 Å². The Labute approximate surface area is 85.0 Å². The van der Waals surface area contributed by atoms with Crippen LogP contribution in [0.1, 0.15) is 26.0 Å². The topological polar surface area (TPSA) is 63.8 Å². The summed E-state index contributed by atoms with van der Waals surface area (Å²) >= 11 is 0. The molecule has 1 heterocycles. The lowest BCUT2D eigenvalue weighted by atomic mass is 10.1. The Hall–Kier alpha value is -1.16. The number of anilines is 1. The molecule has 1 rings (SSSR count). The van der Waals surface area contributed by atoms with Crippen molar-refractivity contribution >= 4 is 5.95 Å². The first kappa shape index (κ1) is 10.9. The van der Waals surface area contributed by atoms with Gasteiger partial charge in [-0.05, 0) is 18.4 Å². The molecule has 0 aliphatic carbocycles. The SMILES string of the molecule is CC(C)CCNc1nccc(CN)n1. The van der Waals surface area contributed by atoms with Crippen LogP contribution in [0.2, 0.25) is 0 Å². The second-order valence-electron chi connectivity index (χ2n) is 3.69. The summed E-state index contributed by atoms with van der Waals surface area (Å²) in [5.41, 5.74) is 6.35. The van der Waals surface area contributed by atoms with E-state index in [1.54, 1.807) is 6.20 Å². The van der Waals surface area contributed by atoms with Crippen molar-refractivity contribution < 1.29 is 0 Å². The molecule has 1 aromatic heterocycles. The monoisotopic (exact) mass is 194 g/mol. The Morgan fingerprint density at radius 1 is 1.50 bits per heavy atom. The second-order valence-corrected chi connectivity index (χ2v) is 3.69. The zero-order valence-corrected chi connectivity index (χ0v) is 8.83. The highest BCUT2D eigenvalue weighted by atomic mass is 15.1. The van der Waals surface area contributed by atoms with Gasteiger partial charge < -0.3 is 11.1 Å². The van der Waals surface area contributed by atoms with E-state index in [2.05, 4.69) is 29.1 Å². The van der Waals surface area contributed by atoms with Crippen LogP contribution in [0, 0.1) is 5.92 Å². The summed E-state index contributed by atoms with van der Waals surface area (Å²) in [5.74, 6) is 1.37. The van der Waals surface area contributed by atoms with Gasteiger partial charge >= 0.3 is 0 Å². The molecule has 0 radical (unpaired) electrons. The predicted molar refractivity (Wildman–Crippen MR) is 57.9 cm³/mol. The van der Waals surface area contributed by atoms with Crippen molar-refractivity contribution in [1.29, 1.82) is 0 Å². The largest absolute Gasteiger partial charge is 0.354 e. The van der Waals surface area contributed by atoms with Gasteiger partial charge in [-0.25, -0.2) is 9.97 Å². The molecule has 0 amide bonds. The summed E-state index contributed by atoms with van der Waals surface area (Å²) in [6.45, 7) is 5.75. The fourth-order valence-electron chi connectivity index (χ4n) is 1.07. The molecule has 0 saturated heterocycles. The van der Waals surface area contributed by atoms with Gasteiger partial charge in [-0.2, -0.15) is 0 Å². The van der Waals surface area contributed by atoms with E-state index < -0.39 is 0 Å². The van der Waals surface area contributed by atoms with Gasteiger partial charge in [-0.1, -0.05) is 13.8 Å². The molecule has 0 atom stereocenters. The van der Waals surface area contributed by atoms with Crippen molar-refractivity contribution in [3.8, 4) is 0 Å². The van der Waals surface area contributed by atoms with E-state index in [0.29, 0.717) is 18.4 Å². The van der Waals surface area contributed by atoms with Gasteiger partial charge in [-0.15, -0.1) is 0 Å². The van der Waals surface area contributed by atoms with Crippen LogP contribution in [0.25, 0.3) is 0 Å². The summed E-state index contributed by atoms with van der Waals surface area (Å²) in [4.78, 5) is 8.35. The number of nitrogens with two attached hydrogens (primary N) is 1. The lowest BCUT2D eigenvalue weighted by Crippen LogP contribution is -2.09. The molecule has 0 aliphatic rings. The van der Waals surface area contributed by atoms with E-state index in [4.69, 9.17) is 5.73 Å². The van der Waals surface area contributed by atoms with Crippen molar-refractivity contribution in [3.63, 3.8) is 0 Å². The molecule has 78 valence electrons. The fourth-order valence-corrected chi connectivity index (χ4v) is 1.07. The van der Waals surface area contributed by atoms with Crippen molar-refractivity contribution in [1.82, 2.24) is 9.97 Å². The molecule has 0 aromatic carbocycles. The highest BCUT2D eigenvalue weighted by Crippen LogP contribution is 2.02. The summed E-state index contributed by atoms with van der Waals surface area (Å²) in [6, 6.07) is 1.83. The van der Waals surface area contributed by atoms with E-state index >= 15 is 0 Å². The second kappa shape index (κ2) is 5.54. The number of nitrogens with zero attached hydrogens (tertiary/aromatic N) is 2. The van der Waals surface area contributed by atoms with Crippen LogP contribution in [-0.2, 0) is 6.54 Å². The van der Waals surface area contributed by atoms with Crippen LogP contribution in [0.3, 0.4) is 0 Å². The summed E-state index contributed by atoms with van der Waals surface area (Å²) in [5, 5.41) is 3.17. The molecule has 3 N–H and O–H groups in total. The minimum atomic E-state index is 0.460. The Bertz CT molecular complexity index is 273. The summed E-state index contributed by atoms with van der Waals surface area (Å²) in [7, 11) is 0. The van der Waals surface area contributed by atoms with Gasteiger partial charge in [0, 0.05) is 19.3 Å². The first-order valence-corrected chi connectivity index (χ1v) is 4.98. The number of rotatable bonds is 5. The number of nitrogens with one attached hydrogen (secondary N) is 1. The molecule has 0 fully saturated rings. The van der Waals surface area contributed by atoms with E-state index in [0.717, 1.165) is 18.7 Å². The number of aromatic nitrogens is 2. The molecule has 0 unspecified atom stereocenters. The Morgan fingerprint density at radius 2 is 2.29 bits per heavy atom. The maximum absolute atomic E-state index is 5.48. The van der Waals surface area contributed by atoms with Crippen molar-refractivity contribution in [2.24, 2.45) is 11.7 Å². The molecule has 0 spiro atoms. The van der Waals surface area contributed by atoms with Crippen molar-refractivity contribution in [2.75, 3.05) is 11.9 Å². The quantitative estimate of drug-likeness (QED) is 0.743. The third-order valence-electron chi connectivity index (χ3n) is 1.93. The molecule has 4 nitrogen and oxygen atoms in total. The highest BCUT2D eigenvalue weighted by molar-refractivity contribution is 5.24. The van der Waals surface area contributed by atoms with E-state index in [-0.39, 0.29) is 0 Å². The molecule has 0 aliphatic heterocycles. The maximum Gasteiger partial charge on any atom is 0.222 e. The average molecular weight is 194 g/mol. The minimum Gasteiger partial charge on any atom is -0.354 e. The minimum absolute atomic E-state index is 0.460. The van der Waals surface area contributed by atoms with E-state index in [9.17, 15) is 0 Å². The first-order chi connectivity index (χ1) is 6.72. The van der Waals surface area contributed by atoms with Crippen molar-refractivity contribution in [3.05, 3.63) is 18.0 Å². The normalized spacial score (nSPS) is 10.6. The third-order valence-corrected chi connectivity index (χ3v) is 1.93. The zero-order chi connectivity index (χ0) is 10.4. The van der Waals surface area contributed by atoms with E-state index in [1.165, 1.54) is 0 Å². The third kappa shape index (κ3) is 3.70. The van der Waals surface area contributed by atoms with Crippen molar-refractivity contribution in [2.45, 2.75) is 26.8 Å². The van der Waals surface area contributed by atoms with Crippen LogP contribution in [0.5, 0.6) is 0 Å². The van der Waals surface area contributed by atoms with Crippen LogP contribution in [-0.4, -0.2) is 16.5 Å². The lowest BCUT2D eigenvalue weighted by Gasteiger charge is -2.07. The van der Waals surface area contributed by atoms with Gasteiger partial charge in [0.25, 0.3) is 0 Å². The standard InChI is InChI=1S/C10H18N4/c1-8(2)3-5-12-10-13-6-4-9(7-11)14-10/h4,6,8H,3,5,7,11H2,1-2H3,(H,12,13,14). The Morgan fingerprint density at radius 3 is 2.93 bits per heavy atom. The first-order valence-electron chi connectivity index (χ1n) is 4.98. The molecule has 0 saturated carbocycles. The molecular weight excluding hydrogens is 176 g/mol. The maximum atomic E-state index is 5.48. The number of hydrogen-bond donors (Lipinski definition) is 2. The molecule has 0 bridgehead atoms. The Kier molecular flexibility index (Phi) is 4.32. The smallest absolute Gasteiger partial charge is 0.222 e. The Balaban J connectivity index is 2.42. The summed E-state index contributed by atoms with van der Waals surface area (Å²) < 4.78 is 0. The molecule has 14 heavy (non-hydrogen) atoms. The predicted octanol–water partition coefficient (Wildman–Crippen LogP) is 1.39. The van der Waals surface area contributed by atoms with Gasteiger partial charge in [0.1, 0.15) is 0 Å². The molecule has 1 aromatic rings. The van der Waals surface area contributed by atoms with Crippen LogP contribution in [0.15, 0.2) is 12.3 Å². The van der Waals surface area contributed by atoms with Gasteiger partial charge in [0.2, 0.25) is 5.95 Å². The van der Waals surface area contributed by atoms with Crippen LogP contribution >= 0.6 is 0 Å².